The van der Waals surface area contributed by atoms with Crippen LogP contribution in [0.15, 0.2) is 65.6 Å². The molecule has 0 amide bonds. The molecule has 0 aliphatic carbocycles. The van der Waals surface area contributed by atoms with Gasteiger partial charge in [-0.1, -0.05) is 12.1 Å². The number of nitrogens with one attached hydrogen (secondary N) is 1. The summed E-state index contributed by atoms with van der Waals surface area (Å²) in [6, 6.07) is 15.6. The fraction of sp³-hybridized carbons (Fsp3) is 0.167. The van der Waals surface area contributed by atoms with Crippen molar-refractivity contribution in [3.8, 4) is 17.4 Å². The summed E-state index contributed by atoms with van der Waals surface area (Å²) in [6.07, 6.45) is 0. The molecule has 0 saturated heterocycles. The molecular formula is C24H23N5O4S. The molecule has 174 valence electrons. The fourth-order valence-corrected chi connectivity index (χ4v) is 4.28. The Morgan fingerprint density at radius 2 is 1.59 bits per heavy atom. The van der Waals surface area contributed by atoms with Gasteiger partial charge < -0.3 is 4.74 Å². The molecule has 0 atom stereocenters. The van der Waals surface area contributed by atoms with Crippen LogP contribution in [0.5, 0.6) is 11.6 Å². The van der Waals surface area contributed by atoms with Gasteiger partial charge in [-0.05, 0) is 75.7 Å². The van der Waals surface area contributed by atoms with Crippen LogP contribution in [0.1, 0.15) is 34.2 Å². The van der Waals surface area contributed by atoms with Crippen molar-refractivity contribution >= 4 is 21.5 Å². The van der Waals surface area contributed by atoms with Gasteiger partial charge in [0.05, 0.1) is 10.6 Å². The summed E-state index contributed by atoms with van der Waals surface area (Å²) in [4.78, 5) is 11.4. The van der Waals surface area contributed by atoms with Crippen molar-refractivity contribution in [3.63, 3.8) is 0 Å². The summed E-state index contributed by atoms with van der Waals surface area (Å²) in [6.45, 7) is 7.34. The summed E-state index contributed by atoms with van der Waals surface area (Å²) in [5.74, 6) is 1.22. The molecule has 0 fully saturated rings. The predicted octanol–water partition coefficient (Wildman–Crippen LogP) is 4.38. The van der Waals surface area contributed by atoms with Gasteiger partial charge in [0.2, 0.25) is 5.88 Å². The molecule has 4 aromatic rings. The highest BCUT2D eigenvalue weighted by Gasteiger charge is 2.15. The number of aromatic nitrogens is 4. The second kappa shape index (κ2) is 9.06. The maximum atomic E-state index is 12.6. The van der Waals surface area contributed by atoms with Crippen molar-refractivity contribution in [2.45, 2.75) is 32.6 Å². The van der Waals surface area contributed by atoms with Gasteiger partial charge in [0, 0.05) is 23.0 Å². The highest BCUT2D eigenvalue weighted by Crippen LogP contribution is 2.24. The number of carbonyl (C=O) groups is 1. The van der Waals surface area contributed by atoms with Crippen molar-refractivity contribution in [1.82, 2.24) is 20.0 Å². The van der Waals surface area contributed by atoms with E-state index in [0.717, 1.165) is 17.0 Å². The van der Waals surface area contributed by atoms with Gasteiger partial charge in [0.25, 0.3) is 10.0 Å². The number of ether oxygens (including phenoxy) is 1. The molecule has 9 nitrogen and oxygen atoms in total. The number of hydrogen-bond donors (Lipinski definition) is 1. The SMILES string of the molecule is CC(=O)c1ccc(S(=O)(=O)Nc2ccc(Oc3ccc(-n4nc(C)c(C)c4C)nn3)cc2)cc1. The smallest absolute Gasteiger partial charge is 0.261 e. The Hall–Kier alpha value is -4.05. The fourth-order valence-electron chi connectivity index (χ4n) is 3.22. The second-order valence-electron chi connectivity index (χ2n) is 7.75. The molecule has 1 N–H and O–H groups in total. The highest BCUT2D eigenvalue weighted by atomic mass is 32.2. The molecule has 4 rings (SSSR count). The predicted molar refractivity (Wildman–Crippen MR) is 127 cm³/mol. The van der Waals surface area contributed by atoms with Gasteiger partial charge >= 0.3 is 0 Å². The summed E-state index contributed by atoms with van der Waals surface area (Å²) in [7, 11) is -3.80. The van der Waals surface area contributed by atoms with Crippen LogP contribution in [0.25, 0.3) is 5.82 Å². The number of rotatable bonds is 7. The van der Waals surface area contributed by atoms with Crippen molar-refractivity contribution in [2.24, 2.45) is 0 Å². The van der Waals surface area contributed by atoms with E-state index in [1.54, 1.807) is 41.1 Å². The summed E-state index contributed by atoms with van der Waals surface area (Å²) < 4.78 is 35.2. The first-order chi connectivity index (χ1) is 16.1. The van der Waals surface area contributed by atoms with E-state index >= 15 is 0 Å². The molecule has 2 aromatic carbocycles. The number of anilines is 1. The Balaban J connectivity index is 1.43. The number of Topliss-reactive ketones (excluding diaryl/α,β-unsaturated/α-hetero) is 1. The van der Waals surface area contributed by atoms with Crippen LogP contribution in [0.3, 0.4) is 0 Å². The van der Waals surface area contributed by atoms with E-state index in [1.165, 1.54) is 31.2 Å². The molecule has 34 heavy (non-hydrogen) atoms. The van der Waals surface area contributed by atoms with Gasteiger partial charge in [-0.15, -0.1) is 10.2 Å². The van der Waals surface area contributed by atoms with E-state index in [0.29, 0.717) is 28.7 Å². The summed E-state index contributed by atoms with van der Waals surface area (Å²) in [5, 5.41) is 12.8. The maximum Gasteiger partial charge on any atom is 0.261 e. The Labute approximate surface area is 197 Å². The topological polar surface area (TPSA) is 116 Å². The molecule has 0 aliphatic rings. The van der Waals surface area contributed by atoms with Crippen LogP contribution in [-0.2, 0) is 10.0 Å². The van der Waals surface area contributed by atoms with E-state index in [9.17, 15) is 13.2 Å². The zero-order chi connectivity index (χ0) is 24.5. The minimum absolute atomic E-state index is 0.0611. The van der Waals surface area contributed by atoms with Crippen molar-refractivity contribution in [1.29, 1.82) is 0 Å². The minimum atomic E-state index is -3.80. The van der Waals surface area contributed by atoms with Gasteiger partial charge in [-0.3, -0.25) is 9.52 Å². The Bertz CT molecular complexity index is 1440. The van der Waals surface area contributed by atoms with E-state index < -0.39 is 10.0 Å². The molecular weight excluding hydrogens is 454 g/mol. The number of carbonyl (C=O) groups excluding carboxylic acids is 1. The molecule has 0 radical (unpaired) electrons. The first-order valence-corrected chi connectivity index (χ1v) is 11.9. The summed E-state index contributed by atoms with van der Waals surface area (Å²) >= 11 is 0. The third kappa shape index (κ3) is 4.81. The van der Waals surface area contributed by atoms with Gasteiger partial charge in [-0.2, -0.15) is 5.10 Å². The summed E-state index contributed by atoms with van der Waals surface area (Å²) in [5.41, 5.74) is 3.84. The molecule has 10 heteroatoms. The third-order valence-electron chi connectivity index (χ3n) is 5.40. The van der Waals surface area contributed by atoms with Crippen LogP contribution in [0, 0.1) is 20.8 Å². The first-order valence-electron chi connectivity index (χ1n) is 10.4. The molecule has 0 saturated carbocycles. The molecule has 2 aromatic heterocycles. The Morgan fingerprint density at radius 3 is 2.12 bits per heavy atom. The normalized spacial score (nSPS) is 11.3. The quantitative estimate of drug-likeness (QED) is 0.393. The van der Waals surface area contributed by atoms with Crippen molar-refractivity contribution < 1.29 is 17.9 Å². The van der Waals surface area contributed by atoms with Gasteiger partial charge in [0.15, 0.2) is 11.6 Å². The largest absolute Gasteiger partial charge is 0.438 e. The van der Waals surface area contributed by atoms with Crippen molar-refractivity contribution in [2.75, 3.05) is 4.72 Å². The van der Waals surface area contributed by atoms with Crippen LogP contribution >= 0.6 is 0 Å². The molecule has 0 unspecified atom stereocenters. The standard InChI is InChI=1S/C24H23N5O4S/c1-15-16(2)27-29(17(15)3)23-13-14-24(26-25-23)33-21-9-7-20(8-10-21)28-34(31,32)22-11-5-19(6-12-22)18(4)30/h5-14,28H,1-4H3. The first kappa shape index (κ1) is 23.1. The molecule has 0 spiro atoms. The average Bonchev–Trinajstić information content (AvgIpc) is 3.08. The van der Waals surface area contributed by atoms with E-state index in [2.05, 4.69) is 20.0 Å². The number of benzene rings is 2. The maximum absolute atomic E-state index is 12.6. The average molecular weight is 478 g/mol. The minimum Gasteiger partial charge on any atom is -0.438 e. The zero-order valence-corrected chi connectivity index (χ0v) is 19.9. The number of nitrogens with zero attached hydrogens (tertiary/aromatic N) is 4. The third-order valence-corrected chi connectivity index (χ3v) is 6.79. The van der Waals surface area contributed by atoms with E-state index in [-0.39, 0.29) is 10.7 Å². The van der Waals surface area contributed by atoms with E-state index in [4.69, 9.17) is 4.74 Å². The van der Waals surface area contributed by atoms with Crippen LogP contribution in [0.2, 0.25) is 0 Å². The van der Waals surface area contributed by atoms with Crippen molar-refractivity contribution in [3.05, 3.63) is 83.2 Å². The van der Waals surface area contributed by atoms with Gasteiger partial charge in [0.1, 0.15) is 5.75 Å². The lowest BCUT2D eigenvalue weighted by molar-refractivity contribution is 0.101. The molecule has 2 heterocycles. The second-order valence-corrected chi connectivity index (χ2v) is 9.43. The Kier molecular flexibility index (Phi) is 6.16. The lowest BCUT2D eigenvalue weighted by Gasteiger charge is -2.10. The zero-order valence-electron chi connectivity index (χ0n) is 19.1. The van der Waals surface area contributed by atoms with Gasteiger partial charge in [-0.25, -0.2) is 13.1 Å². The van der Waals surface area contributed by atoms with Crippen LogP contribution < -0.4 is 9.46 Å². The number of ketones is 1. The Morgan fingerprint density at radius 1 is 0.912 bits per heavy atom. The van der Waals surface area contributed by atoms with Crippen LogP contribution in [-0.4, -0.2) is 34.2 Å². The van der Waals surface area contributed by atoms with E-state index in [1.807, 2.05) is 20.8 Å². The number of hydrogen-bond acceptors (Lipinski definition) is 7. The number of sulfonamides is 1. The lowest BCUT2D eigenvalue weighted by atomic mass is 10.2. The number of aryl methyl sites for hydroxylation is 1. The molecule has 0 aliphatic heterocycles. The van der Waals surface area contributed by atoms with Crippen LogP contribution in [0.4, 0.5) is 5.69 Å². The monoisotopic (exact) mass is 477 g/mol. The lowest BCUT2D eigenvalue weighted by Crippen LogP contribution is -2.13. The molecule has 0 bridgehead atoms. The highest BCUT2D eigenvalue weighted by molar-refractivity contribution is 7.92.